The van der Waals surface area contributed by atoms with Crippen molar-refractivity contribution in [3.8, 4) is 0 Å². The number of nitrogens with zero attached hydrogens (tertiary/aromatic N) is 2. The van der Waals surface area contributed by atoms with Gasteiger partial charge in [-0.05, 0) is 45.4 Å². The zero-order valence-electron chi connectivity index (χ0n) is 18.9. The van der Waals surface area contributed by atoms with Crippen LogP contribution in [0.15, 0.2) is 0 Å². The molecule has 1 unspecified atom stereocenters. The fourth-order valence-electron chi connectivity index (χ4n) is 3.47. The van der Waals surface area contributed by atoms with E-state index in [9.17, 15) is 14.4 Å². The van der Waals surface area contributed by atoms with Crippen LogP contribution in [0.3, 0.4) is 0 Å². The first-order valence-electron chi connectivity index (χ1n) is 10.7. The zero-order chi connectivity index (χ0) is 21.5. The molecule has 0 aromatic carbocycles. The van der Waals surface area contributed by atoms with Gasteiger partial charge in [-0.15, -0.1) is 0 Å². The van der Waals surface area contributed by atoms with Crippen LogP contribution in [-0.4, -0.2) is 59.4 Å². The maximum Gasteiger partial charge on any atom is 0.233 e. The van der Waals surface area contributed by atoms with Crippen molar-refractivity contribution in [1.29, 1.82) is 0 Å². The van der Waals surface area contributed by atoms with Gasteiger partial charge in [-0.25, -0.2) is 0 Å². The minimum absolute atomic E-state index is 0.00143. The molecule has 1 saturated heterocycles. The van der Waals surface area contributed by atoms with Gasteiger partial charge in [0.05, 0.1) is 5.60 Å². The average molecular weight is 397 g/mol. The Hall–Kier alpha value is -1.43. The molecule has 0 aliphatic carbocycles. The molecule has 0 aromatic rings. The molecule has 6 heteroatoms. The normalized spacial score (nSPS) is 17.9. The number of hydrogen-bond donors (Lipinski definition) is 0. The Morgan fingerprint density at radius 3 is 2.36 bits per heavy atom. The standard InChI is InChI=1S/C22H40N2O4/c1-8-28-22(6,7)11-14-23(12-9-16(2)3)19(25)10-13-24-20(26)15-18(17(4)5)21(24)27/h16-18H,8-15H2,1-7H3. The van der Waals surface area contributed by atoms with Crippen LogP contribution in [0.4, 0.5) is 0 Å². The summed E-state index contributed by atoms with van der Waals surface area (Å²) in [4.78, 5) is 40.6. The molecule has 1 heterocycles. The molecule has 0 bridgehead atoms. The molecule has 0 saturated carbocycles. The Labute approximate surface area is 171 Å². The van der Waals surface area contributed by atoms with E-state index >= 15 is 0 Å². The molecule has 1 aliphatic rings. The minimum Gasteiger partial charge on any atom is -0.376 e. The summed E-state index contributed by atoms with van der Waals surface area (Å²) in [5, 5.41) is 0. The molecule has 0 aromatic heterocycles. The van der Waals surface area contributed by atoms with E-state index in [1.807, 2.05) is 39.5 Å². The number of imide groups is 1. The van der Waals surface area contributed by atoms with E-state index in [0.717, 1.165) is 12.8 Å². The Kier molecular flexibility index (Phi) is 9.61. The molecule has 0 N–H and O–H groups in total. The number of likely N-dealkylation sites (tertiary alicyclic amines) is 1. The molecule has 162 valence electrons. The molecular weight excluding hydrogens is 356 g/mol. The molecule has 1 fully saturated rings. The molecule has 0 spiro atoms. The molecule has 1 rings (SSSR count). The third kappa shape index (κ3) is 7.53. The fraction of sp³-hybridized carbons (Fsp3) is 0.864. The van der Waals surface area contributed by atoms with E-state index in [-0.39, 0.29) is 54.5 Å². The quantitative estimate of drug-likeness (QED) is 0.474. The summed E-state index contributed by atoms with van der Waals surface area (Å²) in [6, 6.07) is 0. The zero-order valence-corrected chi connectivity index (χ0v) is 18.9. The van der Waals surface area contributed by atoms with E-state index < -0.39 is 0 Å². The summed E-state index contributed by atoms with van der Waals surface area (Å²) in [6.07, 6.45) is 2.14. The minimum atomic E-state index is -0.281. The monoisotopic (exact) mass is 396 g/mol. The van der Waals surface area contributed by atoms with Gasteiger partial charge in [-0.2, -0.15) is 0 Å². The summed E-state index contributed by atoms with van der Waals surface area (Å²) >= 11 is 0. The molecule has 1 aliphatic heterocycles. The SMILES string of the molecule is CCOC(C)(C)CCN(CCC(C)C)C(=O)CCN1C(=O)CC(C(C)C)C1=O. The summed E-state index contributed by atoms with van der Waals surface area (Å²) in [6.45, 7) is 16.4. The molecule has 0 radical (unpaired) electrons. The number of carbonyl (C=O) groups excluding carboxylic acids is 3. The van der Waals surface area contributed by atoms with Crippen molar-refractivity contribution in [1.82, 2.24) is 9.80 Å². The largest absolute Gasteiger partial charge is 0.376 e. The second kappa shape index (κ2) is 10.9. The second-order valence-electron chi connectivity index (χ2n) is 9.19. The third-order valence-electron chi connectivity index (χ3n) is 5.48. The lowest BCUT2D eigenvalue weighted by Crippen LogP contribution is -2.40. The fourth-order valence-corrected chi connectivity index (χ4v) is 3.47. The maximum atomic E-state index is 12.9. The van der Waals surface area contributed by atoms with Crippen LogP contribution in [0.1, 0.15) is 74.1 Å². The van der Waals surface area contributed by atoms with Gasteiger partial charge in [0.15, 0.2) is 0 Å². The molecule has 3 amide bonds. The topological polar surface area (TPSA) is 66.9 Å². The van der Waals surface area contributed by atoms with Gasteiger partial charge in [0.25, 0.3) is 0 Å². The van der Waals surface area contributed by atoms with Crippen molar-refractivity contribution in [2.24, 2.45) is 17.8 Å². The Balaban J connectivity index is 2.67. The van der Waals surface area contributed by atoms with Gasteiger partial charge >= 0.3 is 0 Å². The second-order valence-corrected chi connectivity index (χ2v) is 9.19. The van der Waals surface area contributed by atoms with Crippen molar-refractivity contribution in [2.75, 3.05) is 26.2 Å². The number of rotatable bonds is 12. The van der Waals surface area contributed by atoms with Crippen LogP contribution in [0.2, 0.25) is 0 Å². The van der Waals surface area contributed by atoms with E-state index in [1.165, 1.54) is 4.90 Å². The highest BCUT2D eigenvalue weighted by Gasteiger charge is 2.40. The van der Waals surface area contributed by atoms with Gasteiger partial charge in [0, 0.05) is 45.0 Å². The van der Waals surface area contributed by atoms with Gasteiger partial charge in [-0.1, -0.05) is 27.7 Å². The Morgan fingerprint density at radius 1 is 1.21 bits per heavy atom. The number of carbonyl (C=O) groups is 3. The summed E-state index contributed by atoms with van der Waals surface area (Å²) in [5.74, 6) is 0.124. The lowest BCUT2D eigenvalue weighted by molar-refractivity contribution is -0.140. The van der Waals surface area contributed by atoms with Crippen molar-refractivity contribution >= 4 is 17.7 Å². The number of amides is 3. The van der Waals surface area contributed by atoms with Crippen LogP contribution in [0.25, 0.3) is 0 Å². The molecular formula is C22H40N2O4. The molecule has 1 atom stereocenters. The number of hydrogen-bond acceptors (Lipinski definition) is 4. The predicted molar refractivity (Wildman–Crippen MR) is 111 cm³/mol. The van der Waals surface area contributed by atoms with E-state index in [1.54, 1.807) is 0 Å². The van der Waals surface area contributed by atoms with Gasteiger partial charge < -0.3 is 9.64 Å². The Bertz CT molecular complexity index is 543. The summed E-state index contributed by atoms with van der Waals surface area (Å²) in [7, 11) is 0. The average Bonchev–Trinajstić information content (AvgIpc) is 2.87. The van der Waals surface area contributed by atoms with Gasteiger partial charge in [-0.3, -0.25) is 19.3 Å². The van der Waals surface area contributed by atoms with Gasteiger partial charge in [0.2, 0.25) is 17.7 Å². The van der Waals surface area contributed by atoms with Crippen LogP contribution < -0.4 is 0 Å². The molecule has 6 nitrogen and oxygen atoms in total. The van der Waals surface area contributed by atoms with Crippen molar-refractivity contribution in [2.45, 2.75) is 79.8 Å². The highest BCUT2D eigenvalue weighted by Crippen LogP contribution is 2.26. The smallest absolute Gasteiger partial charge is 0.233 e. The highest BCUT2D eigenvalue weighted by atomic mass is 16.5. The van der Waals surface area contributed by atoms with Crippen LogP contribution >= 0.6 is 0 Å². The summed E-state index contributed by atoms with van der Waals surface area (Å²) < 4.78 is 5.75. The van der Waals surface area contributed by atoms with Crippen molar-refractivity contribution < 1.29 is 19.1 Å². The first kappa shape index (κ1) is 24.6. The first-order valence-corrected chi connectivity index (χ1v) is 10.7. The lowest BCUT2D eigenvalue weighted by atomic mass is 9.94. The maximum absolute atomic E-state index is 12.9. The highest BCUT2D eigenvalue weighted by molar-refractivity contribution is 6.03. The van der Waals surface area contributed by atoms with E-state index in [2.05, 4.69) is 13.8 Å². The van der Waals surface area contributed by atoms with Crippen LogP contribution in [0.5, 0.6) is 0 Å². The van der Waals surface area contributed by atoms with E-state index in [0.29, 0.717) is 25.6 Å². The molecule has 28 heavy (non-hydrogen) atoms. The van der Waals surface area contributed by atoms with Crippen LogP contribution in [0, 0.1) is 17.8 Å². The third-order valence-corrected chi connectivity index (χ3v) is 5.48. The first-order chi connectivity index (χ1) is 13.0. The summed E-state index contributed by atoms with van der Waals surface area (Å²) in [5.41, 5.74) is -0.281. The number of ether oxygens (including phenoxy) is 1. The van der Waals surface area contributed by atoms with Crippen molar-refractivity contribution in [3.63, 3.8) is 0 Å². The predicted octanol–water partition coefficient (Wildman–Crippen LogP) is 3.49. The van der Waals surface area contributed by atoms with E-state index in [4.69, 9.17) is 4.74 Å². The van der Waals surface area contributed by atoms with Gasteiger partial charge in [0.1, 0.15) is 0 Å². The van der Waals surface area contributed by atoms with Crippen LogP contribution in [-0.2, 0) is 19.1 Å². The Morgan fingerprint density at radius 2 is 1.86 bits per heavy atom. The van der Waals surface area contributed by atoms with Crippen molar-refractivity contribution in [3.05, 3.63) is 0 Å². The lowest BCUT2D eigenvalue weighted by Gasteiger charge is -2.30.